The zero-order valence-corrected chi connectivity index (χ0v) is 51.5. The molecular formula is C74H118O6. The smallest absolute Gasteiger partial charge is 0.306 e. The average Bonchev–Trinajstić information content (AvgIpc) is 3.46. The first-order chi connectivity index (χ1) is 39.5. The van der Waals surface area contributed by atoms with Crippen molar-refractivity contribution >= 4 is 17.9 Å². The van der Waals surface area contributed by atoms with E-state index in [2.05, 4.69) is 179 Å². The van der Waals surface area contributed by atoms with Crippen LogP contribution >= 0.6 is 0 Å². The summed E-state index contributed by atoms with van der Waals surface area (Å²) in [6, 6.07) is 0. The van der Waals surface area contributed by atoms with E-state index in [-0.39, 0.29) is 31.1 Å². The minimum absolute atomic E-state index is 0.0985. The molecule has 6 heteroatoms. The van der Waals surface area contributed by atoms with E-state index >= 15 is 0 Å². The average molecular weight is 1100 g/mol. The number of rotatable bonds is 57. The highest BCUT2D eigenvalue weighted by Gasteiger charge is 2.19. The predicted molar refractivity (Wildman–Crippen MR) is 348 cm³/mol. The van der Waals surface area contributed by atoms with Crippen molar-refractivity contribution < 1.29 is 28.6 Å². The van der Waals surface area contributed by atoms with Crippen molar-refractivity contribution in [2.75, 3.05) is 13.2 Å². The van der Waals surface area contributed by atoms with Crippen LogP contribution in [0.25, 0.3) is 0 Å². The largest absolute Gasteiger partial charge is 0.462 e. The fourth-order valence-corrected chi connectivity index (χ4v) is 8.48. The molecule has 0 N–H and O–H groups in total. The molecule has 1 unspecified atom stereocenters. The van der Waals surface area contributed by atoms with Gasteiger partial charge in [-0.05, 0) is 128 Å². The fourth-order valence-electron chi connectivity index (χ4n) is 8.48. The van der Waals surface area contributed by atoms with Crippen LogP contribution in [0, 0.1) is 0 Å². The van der Waals surface area contributed by atoms with Crippen LogP contribution in [0.4, 0.5) is 0 Å². The minimum atomic E-state index is -0.806. The molecule has 0 bridgehead atoms. The number of allylic oxidation sites excluding steroid dienone is 26. The lowest BCUT2D eigenvalue weighted by Crippen LogP contribution is -2.30. The van der Waals surface area contributed by atoms with Crippen LogP contribution in [0.1, 0.15) is 271 Å². The van der Waals surface area contributed by atoms with E-state index in [1.807, 2.05) is 0 Å². The molecule has 0 saturated carbocycles. The number of carbonyl (C=O) groups is 3. The number of hydrogen-bond donors (Lipinski definition) is 0. The Bertz CT molecular complexity index is 1790. The lowest BCUT2D eigenvalue weighted by atomic mass is 10.0. The van der Waals surface area contributed by atoms with Crippen molar-refractivity contribution in [2.45, 2.75) is 277 Å². The van der Waals surface area contributed by atoms with Gasteiger partial charge < -0.3 is 14.2 Å². The Morgan fingerprint density at radius 2 is 0.487 bits per heavy atom. The summed E-state index contributed by atoms with van der Waals surface area (Å²) in [5.41, 5.74) is 0. The maximum Gasteiger partial charge on any atom is 0.306 e. The van der Waals surface area contributed by atoms with Gasteiger partial charge in [0.2, 0.25) is 0 Å². The summed E-state index contributed by atoms with van der Waals surface area (Å²) in [6.07, 6.45) is 96.7. The molecule has 0 radical (unpaired) electrons. The molecule has 1 atom stereocenters. The molecule has 6 nitrogen and oxygen atoms in total. The van der Waals surface area contributed by atoms with Gasteiger partial charge >= 0.3 is 17.9 Å². The molecule has 0 spiro atoms. The Morgan fingerprint density at radius 1 is 0.263 bits per heavy atom. The van der Waals surface area contributed by atoms with E-state index in [9.17, 15) is 14.4 Å². The third-order valence-corrected chi connectivity index (χ3v) is 13.3. The molecule has 0 aromatic rings. The van der Waals surface area contributed by atoms with Crippen LogP contribution in [-0.2, 0) is 28.6 Å². The molecule has 0 amide bonds. The zero-order valence-electron chi connectivity index (χ0n) is 51.5. The van der Waals surface area contributed by atoms with Gasteiger partial charge in [0.1, 0.15) is 13.2 Å². The number of hydrogen-bond acceptors (Lipinski definition) is 6. The van der Waals surface area contributed by atoms with E-state index in [1.54, 1.807) is 0 Å². The molecule has 0 rings (SSSR count). The Balaban J connectivity index is 4.43. The molecule has 450 valence electrons. The van der Waals surface area contributed by atoms with E-state index in [0.29, 0.717) is 19.3 Å². The van der Waals surface area contributed by atoms with Crippen molar-refractivity contribution in [3.05, 3.63) is 158 Å². The van der Waals surface area contributed by atoms with Crippen LogP contribution in [-0.4, -0.2) is 37.2 Å². The summed E-state index contributed by atoms with van der Waals surface area (Å²) in [4.78, 5) is 38.3. The Hall–Kier alpha value is -4.97. The number of unbranched alkanes of at least 4 members (excludes halogenated alkanes) is 20. The highest BCUT2D eigenvalue weighted by atomic mass is 16.6. The topological polar surface area (TPSA) is 78.9 Å². The first kappa shape index (κ1) is 75.0. The molecular weight excluding hydrogens is 985 g/mol. The van der Waals surface area contributed by atoms with Gasteiger partial charge in [-0.3, -0.25) is 14.4 Å². The highest BCUT2D eigenvalue weighted by Crippen LogP contribution is 2.15. The quantitative estimate of drug-likeness (QED) is 0.0261. The van der Waals surface area contributed by atoms with Gasteiger partial charge in [0.15, 0.2) is 6.10 Å². The first-order valence-electron chi connectivity index (χ1n) is 32.5. The molecule has 0 saturated heterocycles. The highest BCUT2D eigenvalue weighted by molar-refractivity contribution is 5.71. The van der Waals surface area contributed by atoms with Crippen LogP contribution in [0.15, 0.2) is 158 Å². The molecule has 80 heavy (non-hydrogen) atoms. The van der Waals surface area contributed by atoms with Gasteiger partial charge in [-0.2, -0.15) is 0 Å². The van der Waals surface area contributed by atoms with Crippen LogP contribution < -0.4 is 0 Å². The van der Waals surface area contributed by atoms with Crippen LogP contribution in [0.2, 0.25) is 0 Å². The van der Waals surface area contributed by atoms with E-state index in [0.717, 1.165) is 173 Å². The number of ether oxygens (including phenoxy) is 3. The summed E-state index contributed by atoms with van der Waals surface area (Å²) < 4.78 is 16.9. The lowest BCUT2D eigenvalue weighted by Gasteiger charge is -2.18. The molecule has 0 aliphatic heterocycles. The molecule has 0 fully saturated rings. The minimum Gasteiger partial charge on any atom is -0.462 e. The van der Waals surface area contributed by atoms with Crippen molar-refractivity contribution in [3.8, 4) is 0 Å². The second-order valence-electron chi connectivity index (χ2n) is 20.9. The number of esters is 3. The van der Waals surface area contributed by atoms with Crippen molar-refractivity contribution in [1.82, 2.24) is 0 Å². The summed E-state index contributed by atoms with van der Waals surface area (Å²) in [6.45, 7) is 6.37. The Kier molecular flexibility index (Phi) is 62.4. The molecule has 0 aliphatic carbocycles. The first-order valence-corrected chi connectivity index (χ1v) is 32.5. The summed E-state index contributed by atoms with van der Waals surface area (Å²) >= 11 is 0. The molecule has 0 heterocycles. The van der Waals surface area contributed by atoms with Gasteiger partial charge in [0, 0.05) is 19.3 Å². The second kappa shape index (κ2) is 66.5. The van der Waals surface area contributed by atoms with Gasteiger partial charge in [-0.1, -0.05) is 281 Å². The fraction of sp³-hybridized carbons (Fsp3) is 0.608. The maximum atomic E-state index is 12.9. The van der Waals surface area contributed by atoms with Gasteiger partial charge in [0.05, 0.1) is 0 Å². The van der Waals surface area contributed by atoms with Gasteiger partial charge in [-0.15, -0.1) is 0 Å². The standard InChI is InChI=1S/C74H118O6/c1-4-7-10-13-16-19-22-25-27-29-31-33-34-35-36-37-38-39-40-42-43-45-47-49-52-55-58-61-64-67-73(76)79-70-71(69-78-72(75)66-63-60-57-54-51-24-21-18-15-12-9-6-3)80-74(77)68-65-62-59-56-53-50-48-46-44-41-32-30-28-26-23-20-17-14-11-8-5-2/h7-8,10-11,16-17,19-20,25-28,31-33,35-36,38-39,41-43,46-49,71H,4-6,9,12-15,18,21-24,29-30,34,37,40,44-45,50-70H2,1-3H3/b10-7-,11-8-,19-16-,20-17-,27-25-,28-26-,33-31-,36-35-,39-38-,41-32-,43-42-,48-46-,49-47-. The van der Waals surface area contributed by atoms with Crippen molar-refractivity contribution in [3.63, 3.8) is 0 Å². The Morgan fingerprint density at radius 3 is 0.762 bits per heavy atom. The van der Waals surface area contributed by atoms with E-state index < -0.39 is 6.10 Å². The van der Waals surface area contributed by atoms with Crippen molar-refractivity contribution in [2.24, 2.45) is 0 Å². The maximum absolute atomic E-state index is 12.9. The van der Waals surface area contributed by atoms with Gasteiger partial charge in [-0.25, -0.2) is 0 Å². The van der Waals surface area contributed by atoms with Gasteiger partial charge in [0.25, 0.3) is 0 Å². The Labute approximate surface area is 492 Å². The van der Waals surface area contributed by atoms with E-state index in [4.69, 9.17) is 14.2 Å². The number of carbonyl (C=O) groups excluding carboxylic acids is 3. The second-order valence-corrected chi connectivity index (χ2v) is 20.9. The summed E-state index contributed by atoms with van der Waals surface area (Å²) in [5, 5.41) is 0. The molecule has 0 aliphatic rings. The normalized spacial score (nSPS) is 13.2. The monoisotopic (exact) mass is 1100 g/mol. The van der Waals surface area contributed by atoms with E-state index in [1.165, 1.54) is 57.8 Å². The summed E-state index contributed by atoms with van der Waals surface area (Å²) in [7, 11) is 0. The third kappa shape index (κ3) is 63.9. The third-order valence-electron chi connectivity index (χ3n) is 13.3. The predicted octanol–water partition coefficient (Wildman–Crippen LogP) is 22.5. The summed E-state index contributed by atoms with van der Waals surface area (Å²) in [5.74, 6) is -0.945. The van der Waals surface area contributed by atoms with Crippen LogP contribution in [0.3, 0.4) is 0 Å². The zero-order chi connectivity index (χ0) is 57.8. The SMILES string of the molecule is CC/C=C\C/C=C\C/C=C\C/C=C\C/C=C\C/C=C\C/C=C\C/C=C\CCCCCCC(=O)OCC(COC(=O)CCCCCCCCCCCCCC)OC(=O)CCCCCCC/C=C\C/C=C\C/C=C\C/C=C\C/C=C\CC. The molecule has 0 aromatic heterocycles. The van der Waals surface area contributed by atoms with Crippen LogP contribution in [0.5, 0.6) is 0 Å². The molecule has 0 aromatic carbocycles. The lowest BCUT2D eigenvalue weighted by molar-refractivity contribution is -0.167. The van der Waals surface area contributed by atoms with Crippen molar-refractivity contribution in [1.29, 1.82) is 0 Å².